The Kier molecular flexibility index (Phi) is 6.23. The van der Waals surface area contributed by atoms with Gasteiger partial charge in [0.05, 0.1) is 0 Å². The molecule has 142 valence electrons. The lowest BCUT2D eigenvalue weighted by atomic mass is 10.1. The monoisotopic (exact) mass is 405 g/mol. The van der Waals surface area contributed by atoms with E-state index in [-0.39, 0.29) is 37.0 Å². The van der Waals surface area contributed by atoms with Crippen LogP contribution in [0, 0.1) is 6.92 Å². The van der Waals surface area contributed by atoms with Gasteiger partial charge in [0.15, 0.2) is 5.13 Å². The molecule has 1 aliphatic rings. The fourth-order valence-corrected chi connectivity index (χ4v) is 3.91. The Labute approximate surface area is 166 Å². The molecule has 0 saturated carbocycles. The molecule has 1 saturated heterocycles. The van der Waals surface area contributed by atoms with Crippen molar-refractivity contribution in [2.45, 2.75) is 39.0 Å². The fourth-order valence-electron chi connectivity index (χ4n) is 2.85. The maximum atomic E-state index is 12.0. The minimum absolute atomic E-state index is 0.152. The van der Waals surface area contributed by atoms with Gasteiger partial charge in [0.2, 0.25) is 17.7 Å². The van der Waals surface area contributed by atoms with Crippen molar-refractivity contribution in [1.82, 2.24) is 9.88 Å². The van der Waals surface area contributed by atoms with Crippen LogP contribution in [0.15, 0.2) is 24.4 Å². The normalized spacial score (nSPS) is 14.1. The lowest BCUT2D eigenvalue weighted by molar-refractivity contribution is -0.138. The largest absolute Gasteiger partial charge is 0.302 e. The Morgan fingerprint density at radius 1 is 1.30 bits per heavy atom. The fraction of sp³-hybridized carbons (Fsp3) is 0.368. The summed E-state index contributed by atoms with van der Waals surface area (Å²) in [5, 5.41) is 4.05. The van der Waals surface area contributed by atoms with E-state index < -0.39 is 0 Å². The van der Waals surface area contributed by atoms with Crippen molar-refractivity contribution in [2.75, 3.05) is 11.9 Å². The highest BCUT2D eigenvalue weighted by Gasteiger charge is 2.28. The van der Waals surface area contributed by atoms with E-state index in [0.29, 0.717) is 24.5 Å². The van der Waals surface area contributed by atoms with Crippen molar-refractivity contribution in [3.05, 3.63) is 45.4 Å². The number of carbonyl (C=O) groups excluding carboxylic acids is 3. The summed E-state index contributed by atoms with van der Waals surface area (Å²) in [5.41, 5.74) is 2.13. The van der Waals surface area contributed by atoms with Crippen LogP contribution in [0.1, 0.15) is 41.7 Å². The van der Waals surface area contributed by atoms with Gasteiger partial charge in [-0.25, -0.2) is 4.98 Å². The van der Waals surface area contributed by atoms with E-state index in [1.807, 2.05) is 25.1 Å². The van der Waals surface area contributed by atoms with Crippen molar-refractivity contribution in [2.24, 2.45) is 0 Å². The van der Waals surface area contributed by atoms with Crippen LogP contribution in [-0.2, 0) is 20.8 Å². The molecule has 1 aromatic carbocycles. The lowest BCUT2D eigenvalue weighted by Crippen LogP contribution is -2.30. The number of benzene rings is 1. The maximum absolute atomic E-state index is 12.0. The van der Waals surface area contributed by atoms with Crippen LogP contribution in [0.2, 0.25) is 5.02 Å². The molecule has 0 radical (unpaired) electrons. The Bertz CT molecular complexity index is 865. The summed E-state index contributed by atoms with van der Waals surface area (Å²) in [6, 6.07) is 5.95. The topological polar surface area (TPSA) is 79.4 Å². The number of halogens is 1. The Morgan fingerprint density at radius 3 is 2.74 bits per heavy atom. The number of aryl methyl sites for hydroxylation is 1. The van der Waals surface area contributed by atoms with E-state index in [4.69, 9.17) is 11.6 Å². The molecule has 1 aromatic heterocycles. The van der Waals surface area contributed by atoms with Crippen LogP contribution >= 0.6 is 22.9 Å². The summed E-state index contributed by atoms with van der Waals surface area (Å²) in [4.78, 5) is 41.6. The van der Waals surface area contributed by atoms with Gasteiger partial charge in [0, 0.05) is 48.3 Å². The second-order valence-corrected chi connectivity index (χ2v) is 8.01. The number of nitrogens with zero attached hydrogens (tertiary/aromatic N) is 2. The number of rotatable bonds is 7. The smallest absolute Gasteiger partial charge is 0.229 e. The molecule has 8 heteroatoms. The van der Waals surface area contributed by atoms with Crippen molar-refractivity contribution >= 4 is 45.8 Å². The quantitative estimate of drug-likeness (QED) is 0.714. The number of thiazole rings is 1. The molecule has 0 unspecified atom stereocenters. The summed E-state index contributed by atoms with van der Waals surface area (Å²) in [6.45, 7) is 2.25. The number of hydrogen-bond acceptors (Lipinski definition) is 5. The second-order valence-electron chi connectivity index (χ2n) is 6.48. The zero-order valence-electron chi connectivity index (χ0n) is 15.0. The Morgan fingerprint density at radius 2 is 2.04 bits per heavy atom. The number of anilines is 1. The van der Waals surface area contributed by atoms with Gasteiger partial charge >= 0.3 is 0 Å². The van der Waals surface area contributed by atoms with E-state index in [2.05, 4.69) is 10.3 Å². The summed E-state index contributed by atoms with van der Waals surface area (Å²) in [7, 11) is 0. The zero-order valence-corrected chi connectivity index (χ0v) is 16.5. The highest BCUT2D eigenvalue weighted by atomic mass is 35.5. The minimum Gasteiger partial charge on any atom is -0.302 e. The average molecular weight is 406 g/mol. The summed E-state index contributed by atoms with van der Waals surface area (Å²) in [5.74, 6) is -0.476. The number of hydrogen-bond donors (Lipinski definition) is 1. The highest BCUT2D eigenvalue weighted by Crippen LogP contribution is 2.24. The molecule has 0 atom stereocenters. The van der Waals surface area contributed by atoms with Gasteiger partial charge in [-0.2, -0.15) is 0 Å². The van der Waals surface area contributed by atoms with Gasteiger partial charge < -0.3 is 5.32 Å². The molecule has 2 heterocycles. The van der Waals surface area contributed by atoms with E-state index in [1.165, 1.54) is 16.2 Å². The maximum Gasteiger partial charge on any atom is 0.229 e. The standard InChI is InChI=1S/C19H20ClN3O3S/c1-12-4-5-13(10-15(12)20)9-14-11-21-19(27-14)22-16(24)3-2-8-23-17(25)6-7-18(23)26/h4-5,10-11H,2-3,6-9H2,1H3,(H,21,22,24). The van der Waals surface area contributed by atoms with Crippen LogP contribution < -0.4 is 5.32 Å². The molecule has 0 bridgehead atoms. The third-order valence-corrected chi connectivity index (χ3v) is 5.67. The average Bonchev–Trinajstić information content (AvgIpc) is 3.19. The number of imide groups is 1. The second kappa shape index (κ2) is 8.63. The summed E-state index contributed by atoms with van der Waals surface area (Å²) >= 11 is 7.57. The highest BCUT2D eigenvalue weighted by molar-refractivity contribution is 7.15. The molecule has 0 spiro atoms. The van der Waals surface area contributed by atoms with Crippen LogP contribution in [0.4, 0.5) is 5.13 Å². The third-order valence-electron chi connectivity index (χ3n) is 4.35. The van der Waals surface area contributed by atoms with Gasteiger partial charge in [0.1, 0.15) is 0 Å². The molecular weight excluding hydrogens is 386 g/mol. The first-order valence-corrected chi connectivity index (χ1v) is 9.94. The van der Waals surface area contributed by atoms with E-state index in [1.54, 1.807) is 6.20 Å². The van der Waals surface area contributed by atoms with Gasteiger partial charge in [-0.1, -0.05) is 23.7 Å². The SMILES string of the molecule is Cc1ccc(Cc2cnc(NC(=O)CCCN3C(=O)CCC3=O)s2)cc1Cl. The van der Waals surface area contributed by atoms with Crippen LogP contribution in [0.25, 0.3) is 0 Å². The molecule has 27 heavy (non-hydrogen) atoms. The molecule has 6 nitrogen and oxygen atoms in total. The van der Waals surface area contributed by atoms with Gasteiger partial charge in [-0.3, -0.25) is 19.3 Å². The molecule has 1 aliphatic heterocycles. The number of likely N-dealkylation sites (tertiary alicyclic amines) is 1. The molecule has 0 aliphatic carbocycles. The van der Waals surface area contributed by atoms with Gasteiger partial charge in [-0.05, 0) is 30.5 Å². The number of amides is 3. The first-order chi connectivity index (χ1) is 12.9. The summed E-state index contributed by atoms with van der Waals surface area (Å²) < 4.78 is 0. The first kappa shape index (κ1) is 19.5. The Hall–Kier alpha value is -2.25. The van der Waals surface area contributed by atoms with Crippen LogP contribution in [-0.4, -0.2) is 34.2 Å². The third kappa shape index (κ3) is 5.14. The minimum atomic E-state index is -0.173. The Balaban J connectivity index is 1.47. The van der Waals surface area contributed by atoms with Crippen LogP contribution in [0.3, 0.4) is 0 Å². The van der Waals surface area contributed by atoms with Crippen molar-refractivity contribution in [1.29, 1.82) is 0 Å². The van der Waals surface area contributed by atoms with Gasteiger partial charge in [0.25, 0.3) is 0 Å². The molecule has 1 fully saturated rings. The van der Waals surface area contributed by atoms with E-state index in [9.17, 15) is 14.4 Å². The molecular formula is C19H20ClN3O3S. The zero-order chi connectivity index (χ0) is 19.4. The summed E-state index contributed by atoms with van der Waals surface area (Å²) in [6.07, 6.45) is 3.68. The van der Waals surface area contributed by atoms with Crippen molar-refractivity contribution in [3.8, 4) is 0 Å². The van der Waals surface area contributed by atoms with Crippen LogP contribution in [0.5, 0.6) is 0 Å². The predicted molar refractivity (Wildman–Crippen MR) is 105 cm³/mol. The van der Waals surface area contributed by atoms with Crippen molar-refractivity contribution < 1.29 is 14.4 Å². The molecule has 3 amide bonds. The van der Waals surface area contributed by atoms with E-state index >= 15 is 0 Å². The lowest BCUT2D eigenvalue weighted by Gasteiger charge is -2.12. The van der Waals surface area contributed by atoms with Crippen molar-refractivity contribution in [3.63, 3.8) is 0 Å². The van der Waals surface area contributed by atoms with E-state index in [0.717, 1.165) is 21.0 Å². The molecule has 3 rings (SSSR count). The molecule has 2 aromatic rings. The molecule has 1 N–H and O–H groups in total. The number of nitrogens with one attached hydrogen (secondary N) is 1. The number of carbonyl (C=O) groups is 3. The number of aromatic nitrogens is 1. The van der Waals surface area contributed by atoms with Gasteiger partial charge in [-0.15, -0.1) is 11.3 Å². The predicted octanol–water partition coefficient (Wildman–Crippen LogP) is 3.56. The first-order valence-electron chi connectivity index (χ1n) is 8.75.